The van der Waals surface area contributed by atoms with Gasteiger partial charge in [-0.25, -0.2) is 4.98 Å². The van der Waals surface area contributed by atoms with E-state index in [-0.39, 0.29) is 27.6 Å². The summed E-state index contributed by atoms with van der Waals surface area (Å²) in [6.07, 6.45) is 0.780. The van der Waals surface area contributed by atoms with Crippen LogP contribution in [-0.2, 0) is 6.42 Å². The zero-order valence-corrected chi connectivity index (χ0v) is 23.1. The molecule has 3 nitrogen and oxygen atoms in total. The molecule has 0 atom stereocenters. The fraction of sp³-hybridized carbons (Fsp3) is 0.0571. The number of aromatic hydroxyl groups is 1. The molecule has 0 fully saturated rings. The highest BCUT2D eigenvalue weighted by molar-refractivity contribution is 6.62. The Labute approximate surface area is 249 Å². The number of fused-ring (bicyclic) bond motifs is 3. The van der Waals surface area contributed by atoms with Gasteiger partial charge in [0.2, 0.25) is 0 Å². The molecule has 0 saturated carbocycles. The van der Waals surface area contributed by atoms with E-state index in [1.165, 1.54) is 0 Å². The van der Waals surface area contributed by atoms with Crippen molar-refractivity contribution >= 4 is 85.8 Å². The Bertz CT molecular complexity index is 2120. The van der Waals surface area contributed by atoms with Crippen LogP contribution in [0.2, 0.25) is 0 Å². The Hall–Kier alpha value is -4.63. The third-order valence-electron chi connectivity index (χ3n) is 8.17. The molecule has 0 bridgehead atoms. The first-order valence-electron chi connectivity index (χ1n) is 13.9. The number of para-hydroxylation sites is 2. The van der Waals surface area contributed by atoms with E-state index in [1.54, 1.807) is 0 Å². The molecule has 42 heavy (non-hydrogen) atoms. The summed E-state index contributed by atoms with van der Waals surface area (Å²) < 4.78 is 2.30. The normalized spacial score (nSPS) is 11.5. The summed E-state index contributed by atoms with van der Waals surface area (Å²) in [5.74, 6) is 0.726. The highest BCUT2D eigenvalue weighted by Gasteiger charge is 2.23. The van der Waals surface area contributed by atoms with Gasteiger partial charge in [-0.1, -0.05) is 103 Å². The van der Waals surface area contributed by atoms with Crippen LogP contribution in [0.25, 0.3) is 60.5 Å². The second-order valence-corrected chi connectivity index (χ2v) is 10.4. The molecule has 1 heterocycles. The lowest BCUT2D eigenvalue weighted by Crippen LogP contribution is -2.44. The highest BCUT2D eigenvalue weighted by atomic mass is 16.3. The van der Waals surface area contributed by atoms with E-state index in [2.05, 4.69) is 84.3 Å². The molecule has 6 aromatic carbocycles. The van der Waals surface area contributed by atoms with Crippen molar-refractivity contribution in [1.29, 1.82) is 0 Å². The fourth-order valence-electron chi connectivity index (χ4n) is 6.22. The topological polar surface area (TPSA) is 38.0 Å². The van der Waals surface area contributed by atoms with Crippen LogP contribution >= 0.6 is 0 Å². The van der Waals surface area contributed by atoms with Gasteiger partial charge in [0, 0.05) is 17.2 Å². The van der Waals surface area contributed by atoms with Crippen molar-refractivity contribution in [2.24, 2.45) is 0 Å². The molecule has 7 heteroatoms. The Morgan fingerprint density at radius 2 is 1.12 bits per heavy atom. The van der Waals surface area contributed by atoms with Gasteiger partial charge >= 0.3 is 0 Å². The predicted molar refractivity (Wildman–Crippen MR) is 180 cm³/mol. The Balaban J connectivity index is 1.65. The van der Waals surface area contributed by atoms with Gasteiger partial charge in [-0.15, -0.1) is 5.46 Å². The standard InChI is InChI=1S/C35H22B4N2O/c1-2-27-40-25-17-9-10-18-26(25)41(27)34-23-15-7-5-13-21(23)28(22-14-6-8-16-24(22)34)19-11-3-4-12-20(19)29-30(36)32(38)33(39)35(42)31(29)37/h3-18,42H,2H2,1H3. The van der Waals surface area contributed by atoms with Gasteiger partial charge < -0.3 is 5.11 Å². The molecule has 0 aliphatic carbocycles. The number of phenols is 1. The van der Waals surface area contributed by atoms with Crippen molar-refractivity contribution in [2.45, 2.75) is 13.3 Å². The maximum absolute atomic E-state index is 10.7. The molecule has 0 aliphatic heterocycles. The molecular weight excluding hydrogens is 508 g/mol. The number of hydrogen-bond acceptors (Lipinski definition) is 2. The summed E-state index contributed by atoms with van der Waals surface area (Å²) in [5, 5.41) is 15.0. The van der Waals surface area contributed by atoms with Crippen LogP contribution in [-0.4, -0.2) is 46.0 Å². The van der Waals surface area contributed by atoms with Crippen LogP contribution < -0.4 is 21.9 Å². The summed E-state index contributed by atoms with van der Waals surface area (Å²) in [4.78, 5) is 4.99. The molecule has 1 aromatic heterocycles. The number of imidazole rings is 1. The maximum atomic E-state index is 10.7. The van der Waals surface area contributed by atoms with Gasteiger partial charge in [-0.05, 0) is 50.6 Å². The Morgan fingerprint density at radius 1 is 0.595 bits per heavy atom. The van der Waals surface area contributed by atoms with Crippen LogP contribution in [0.4, 0.5) is 0 Å². The zero-order chi connectivity index (χ0) is 29.1. The number of nitrogens with zero attached hydrogens (tertiary/aromatic N) is 2. The SMILES string of the molecule is [B]c1c([B])c(O)c([B])c(-c2ccccc2-c2c3ccccc3c(-n3c(CC)nc4ccccc43)c3ccccc23)c1[B]. The Kier molecular flexibility index (Phi) is 6.27. The zero-order valence-electron chi connectivity index (χ0n) is 23.1. The second-order valence-electron chi connectivity index (χ2n) is 10.4. The molecule has 0 aliphatic rings. The second kappa shape index (κ2) is 10.0. The largest absolute Gasteiger partial charge is 0.509 e. The number of aromatic nitrogens is 2. The third-order valence-corrected chi connectivity index (χ3v) is 8.17. The minimum Gasteiger partial charge on any atom is -0.509 e. The predicted octanol–water partition coefficient (Wildman–Crippen LogP) is 4.11. The minimum atomic E-state index is -0.268. The van der Waals surface area contributed by atoms with E-state index in [0.29, 0.717) is 5.56 Å². The lowest BCUT2D eigenvalue weighted by Gasteiger charge is -2.24. The monoisotopic (exact) mass is 530 g/mol. The fourth-order valence-corrected chi connectivity index (χ4v) is 6.22. The van der Waals surface area contributed by atoms with Crippen LogP contribution in [0.5, 0.6) is 5.75 Å². The molecule has 7 rings (SSSR count). The van der Waals surface area contributed by atoms with E-state index in [0.717, 1.165) is 67.2 Å². The number of rotatable bonds is 4. The first kappa shape index (κ1) is 26.3. The quantitative estimate of drug-likeness (QED) is 0.275. The third kappa shape index (κ3) is 3.76. The average Bonchev–Trinajstić information content (AvgIpc) is 3.40. The van der Waals surface area contributed by atoms with Gasteiger partial charge in [0.25, 0.3) is 0 Å². The van der Waals surface area contributed by atoms with Gasteiger partial charge in [0.15, 0.2) is 0 Å². The molecule has 0 spiro atoms. The maximum Gasteiger partial charge on any atom is 0.119 e. The van der Waals surface area contributed by atoms with Gasteiger partial charge in [-0.3, -0.25) is 4.57 Å². The molecule has 190 valence electrons. The number of benzene rings is 6. The number of aryl methyl sites for hydroxylation is 1. The molecule has 1 N–H and O–H groups in total. The van der Waals surface area contributed by atoms with Crippen molar-refractivity contribution < 1.29 is 5.11 Å². The Morgan fingerprint density at radius 3 is 1.74 bits per heavy atom. The minimum absolute atomic E-state index is 0.0224. The first-order chi connectivity index (χ1) is 20.4. The van der Waals surface area contributed by atoms with Crippen molar-refractivity contribution in [1.82, 2.24) is 9.55 Å². The molecule has 0 saturated heterocycles. The summed E-state index contributed by atoms with van der Waals surface area (Å²) in [6, 6.07) is 33.0. The van der Waals surface area contributed by atoms with Crippen molar-refractivity contribution in [3.8, 4) is 33.7 Å². The number of hydrogen-bond donors (Lipinski definition) is 1. The van der Waals surface area contributed by atoms with E-state index < -0.39 is 0 Å². The van der Waals surface area contributed by atoms with E-state index >= 15 is 0 Å². The van der Waals surface area contributed by atoms with Gasteiger partial charge in [-0.2, -0.15) is 0 Å². The van der Waals surface area contributed by atoms with Crippen molar-refractivity contribution in [3.63, 3.8) is 0 Å². The average molecular weight is 530 g/mol. The first-order valence-corrected chi connectivity index (χ1v) is 13.9. The smallest absolute Gasteiger partial charge is 0.119 e. The molecular formula is C35H22B4N2O. The lowest BCUT2D eigenvalue weighted by atomic mass is 9.64. The summed E-state index contributed by atoms with van der Waals surface area (Å²) >= 11 is 0. The van der Waals surface area contributed by atoms with Crippen LogP contribution in [0.1, 0.15) is 12.7 Å². The van der Waals surface area contributed by atoms with Crippen molar-refractivity contribution in [3.05, 3.63) is 103 Å². The number of phenolic OH excluding ortho intramolecular Hbond substituents is 1. The summed E-state index contributed by atoms with van der Waals surface area (Å²) in [7, 11) is 25.2. The van der Waals surface area contributed by atoms with Crippen molar-refractivity contribution in [2.75, 3.05) is 0 Å². The molecule has 0 unspecified atom stereocenters. The molecule has 0 amide bonds. The van der Waals surface area contributed by atoms with Crippen LogP contribution in [0, 0.1) is 0 Å². The van der Waals surface area contributed by atoms with Crippen LogP contribution in [0.15, 0.2) is 97.1 Å². The van der Waals surface area contributed by atoms with E-state index in [1.807, 2.05) is 24.3 Å². The van der Waals surface area contributed by atoms with Gasteiger partial charge in [0.05, 0.1) is 16.7 Å². The summed E-state index contributed by atoms with van der Waals surface area (Å²) in [5.41, 5.74) is 6.66. The van der Waals surface area contributed by atoms with Gasteiger partial charge in [0.1, 0.15) is 43.0 Å². The van der Waals surface area contributed by atoms with E-state index in [9.17, 15) is 5.11 Å². The highest BCUT2D eigenvalue weighted by Crippen LogP contribution is 2.44. The summed E-state index contributed by atoms with van der Waals surface area (Å²) in [6.45, 7) is 2.13. The van der Waals surface area contributed by atoms with E-state index in [4.69, 9.17) is 36.4 Å². The molecule has 8 radical (unpaired) electrons. The van der Waals surface area contributed by atoms with Crippen LogP contribution in [0.3, 0.4) is 0 Å². The lowest BCUT2D eigenvalue weighted by molar-refractivity contribution is 0.484. The molecule has 7 aromatic rings.